The largest absolute Gasteiger partial charge is 0.355 e. The third kappa shape index (κ3) is 3.11. The Morgan fingerprint density at radius 1 is 0.844 bits per heavy atom. The van der Waals surface area contributed by atoms with Crippen LogP contribution in [0, 0.1) is 5.92 Å². The van der Waals surface area contributed by atoms with Crippen molar-refractivity contribution in [3.05, 3.63) is 126 Å². The molecular weight excluding hydrogens is 388 g/mol. The SMILES string of the molecule is CC1=C(/C=C\Cc2ccc3[nH]c4ccccc4c3c2)N(c2ccccc2)C2C=CC=CC12. The molecule has 3 aromatic carbocycles. The van der Waals surface area contributed by atoms with Gasteiger partial charge in [0, 0.05) is 39.1 Å². The van der Waals surface area contributed by atoms with Crippen LogP contribution in [0.4, 0.5) is 5.69 Å². The van der Waals surface area contributed by atoms with E-state index in [2.05, 4.69) is 126 Å². The zero-order chi connectivity index (χ0) is 21.5. The standard InChI is InChI=1S/C30H26N2/c1-21-24-13-6-8-16-30(24)32(23-11-3-2-4-12-23)29(21)17-9-10-22-18-19-28-26(20-22)25-14-5-7-15-27(25)31-28/h2-9,11-20,24,30-31H,10H2,1H3/b17-9-. The van der Waals surface area contributed by atoms with Crippen LogP contribution in [0.15, 0.2) is 121 Å². The van der Waals surface area contributed by atoms with Crippen molar-refractivity contribution < 1.29 is 0 Å². The van der Waals surface area contributed by atoms with Crippen LogP contribution in [-0.2, 0) is 6.42 Å². The number of para-hydroxylation sites is 2. The van der Waals surface area contributed by atoms with Crippen LogP contribution < -0.4 is 4.90 Å². The van der Waals surface area contributed by atoms with Gasteiger partial charge in [-0.05, 0) is 60.9 Å². The van der Waals surface area contributed by atoms with Crippen molar-refractivity contribution in [1.82, 2.24) is 4.98 Å². The van der Waals surface area contributed by atoms with Crippen LogP contribution in [-0.4, -0.2) is 11.0 Å². The Labute approximate surface area is 188 Å². The molecule has 2 atom stereocenters. The second-order valence-electron chi connectivity index (χ2n) is 8.72. The number of aromatic nitrogens is 1. The predicted molar refractivity (Wildman–Crippen MR) is 136 cm³/mol. The summed E-state index contributed by atoms with van der Waals surface area (Å²) in [7, 11) is 0. The van der Waals surface area contributed by atoms with Crippen molar-refractivity contribution in [2.45, 2.75) is 19.4 Å². The van der Waals surface area contributed by atoms with E-state index >= 15 is 0 Å². The van der Waals surface area contributed by atoms with Gasteiger partial charge in [-0.2, -0.15) is 0 Å². The van der Waals surface area contributed by atoms with Crippen molar-refractivity contribution in [2.24, 2.45) is 5.92 Å². The molecule has 0 saturated heterocycles. The van der Waals surface area contributed by atoms with E-state index in [1.807, 2.05) is 0 Å². The van der Waals surface area contributed by atoms with E-state index in [-0.39, 0.29) is 0 Å². The lowest BCUT2D eigenvalue weighted by Crippen LogP contribution is -2.32. The molecule has 0 radical (unpaired) electrons. The van der Waals surface area contributed by atoms with Crippen LogP contribution in [0.25, 0.3) is 21.8 Å². The monoisotopic (exact) mass is 414 g/mol. The van der Waals surface area contributed by atoms with Gasteiger partial charge in [0.05, 0.1) is 6.04 Å². The quantitative estimate of drug-likeness (QED) is 0.370. The molecule has 0 spiro atoms. The minimum absolute atomic E-state index is 0.352. The van der Waals surface area contributed by atoms with E-state index in [0.29, 0.717) is 12.0 Å². The van der Waals surface area contributed by atoms with Gasteiger partial charge in [0.25, 0.3) is 0 Å². The van der Waals surface area contributed by atoms with Crippen molar-refractivity contribution in [3.63, 3.8) is 0 Å². The van der Waals surface area contributed by atoms with Gasteiger partial charge < -0.3 is 9.88 Å². The van der Waals surface area contributed by atoms with Crippen LogP contribution >= 0.6 is 0 Å². The molecule has 1 N–H and O–H groups in total. The van der Waals surface area contributed by atoms with E-state index in [4.69, 9.17) is 0 Å². The zero-order valence-electron chi connectivity index (χ0n) is 18.2. The molecule has 2 heterocycles. The number of fused-ring (bicyclic) bond motifs is 4. The van der Waals surface area contributed by atoms with Gasteiger partial charge in [0.2, 0.25) is 0 Å². The third-order valence-electron chi connectivity index (χ3n) is 6.80. The van der Waals surface area contributed by atoms with Crippen molar-refractivity contribution >= 4 is 27.5 Å². The summed E-state index contributed by atoms with van der Waals surface area (Å²) < 4.78 is 0. The summed E-state index contributed by atoms with van der Waals surface area (Å²) in [6, 6.07) is 26.4. The summed E-state index contributed by atoms with van der Waals surface area (Å²) in [5.74, 6) is 0.433. The minimum atomic E-state index is 0.352. The Bertz CT molecular complexity index is 1420. The summed E-state index contributed by atoms with van der Waals surface area (Å²) in [5, 5.41) is 2.59. The first-order valence-electron chi connectivity index (χ1n) is 11.4. The highest BCUT2D eigenvalue weighted by atomic mass is 15.2. The highest BCUT2D eigenvalue weighted by molar-refractivity contribution is 6.07. The minimum Gasteiger partial charge on any atom is -0.355 e. The summed E-state index contributed by atoms with van der Waals surface area (Å²) >= 11 is 0. The van der Waals surface area contributed by atoms with Gasteiger partial charge in [0.15, 0.2) is 0 Å². The van der Waals surface area contributed by atoms with Crippen LogP contribution in [0.5, 0.6) is 0 Å². The van der Waals surface area contributed by atoms with E-state index < -0.39 is 0 Å². The molecule has 0 bridgehead atoms. The number of H-pyrrole nitrogens is 1. The molecule has 1 aromatic heterocycles. The number of nitrogens with zero attached hydrogens (tertiary/aromatic N) is 1. The number of rotatable bonds is 4. The fourth-order valence-electron chi connectivity index (χ4n) is 5.20. The Morgan fingerprint density at radius 3 is 2.53 bits per heavy atom. The third-order valence-corrected chi connectivity index (χ3v) is 6.80. The average Bonchev–Trinajstić information content (AvgIpc) is 3.35. The molecule has 2 unspecified atom stereocenters. The maximum Gasteiger partial charge on any atom is 0.0626 e. The number of hydrogen-bond donors (Lipinski definition) is 1. The van der Waals surface area contributed by atoms with Gasteiger partial charge in [-0.1, -0.05) is 72.8 Å². The number of allylic oxidation sites excluding steroid dienone is 4. The number of nitrogens with one attached hydrogen (secondary N) is 1. The fraction of sp³-hybridized carbons (Fsp3) is 0.133. The van der Waals surface area contributed by atoms with E-state index in [9.17, 15) is 0 Å². The molecule has 2 nitrogen and oxygen atoms in total. The summed E-state index contributed by atoms with van der Waals surface area (Å²) in [4.78, 5) is 6.00. The topological polar surface area (TPSA) is 19.0 Å². The van der Waals surface area contributed by atoms with Crippen LogP contribution in [0.2, 0.25) is 0 Å². The summed E-state index contributed by atoms with van der Waals surface area (Å²) in [5.41, 5.74) is 7.73. The maximum absolute atomic E-state index is 3.52. The molecule has 2 aliphatic rings. The van der Waals surface area contributed by atoms with Gasteiger partial charge in [-0.3, -0.25) is 0 Å². The predicted octanol–water partition coefficient (Wildman–Crippen LogP) is 7.32. The van der Waals surface area contributed by atoms with Gasteiger partial charge in [0.1, 0.15) is 0 Å². The molecule has 2 heteroatoms. The van der Waals surface area contributed by atoms with Crippen molar-refractivity contribution in [3.8, 4) is 0 Å². The highest BCUT2D eigenvalue weighted by Crippen LogP contribution is 2.41. The average molecular weight is 415 g/mol. The Balaban J connectivity index is 1.32. The lowest BCUT2D eigenvalue weighted by molar-refractivity contribution is 0.677. The highest BCUT2D eigenvalue weighted by Gasteiger charge is 2.36. The second-order valence-corrected chi connectivity index (χ2v) is 8.72. The molecule has 0 fully saturated rings. The van der Waals surface area contributed by atoms with Crippen molar-refractivity contribution in [2.75, 3.05) is 4.90 Å². The molecule has 156 valence electrons. The second kappa shape index (κ2) is 7.72. The maximum atomic E-state index is 3.52. The molecule has 1 aliphatic heterocycles. The van der Waals surface area contributed by atoms with Crippen LogP contribution in [0.1, 0.15) is 12.5 Å². The Hall–Kier alpha value is -3.78. The first-order valence-corrected chi connectivity index (χ1v) is 11.4. The molecule has 4 aromatic rings. The fourth-order valence-corrected chi connectivity index (χ4v) is 5.20. The van der Waals surface area contributed by atoms with E-state index in [0.717, 1.165) is 6.42 Å². The molecule has 6 rings (SSSR count). The molecule has 0 amide bonds. The lowest BCUT2D eigenvalue weighted by atomic mass is 9.91. The first kappa shape index (κ1) is 18.9. The van der Waals surface area contributed by atoms with Gasteiger partial charge in [-0.15, -0.1) is 0 Å². The molecule has 0 saturated carbocycles. The number of hydrogen-bond acceptors (Lipinski definition) is 1. The van der Waals surface area contributed by atoms with E-state index in [1.54, 1.807) is 0 Å². The van der Waals surface area contributed by atoms with Gasteiger partial charge in [-0.25, -0.2) is 0 Å². The van der Waals surface area contributed by atoms with E-state index in [1.165, 1.54) is 44.3 Å². The lowest BCUT2D eigenvalue weighted by Gasteiger charge is -2.30. The number of anilines is 1. The molecular formula is C30H26N2. The molecule has 32 heavy (non-hydrogen) atoms. The smallest absolute Gasteiger partial charge is 0.0626 e. The zero-order valence-corrected chi connectivity index (χ0v) is 18.2. The van der Waals surface area contributed by atoms with Crippen LogP contribution in [0.3, 0.4) is 0 Å². The first-order chi connectivity index (χ1) is 15.8. The Kier molecular flexibility index (Phi) is 4.57. The molecule has 1 aliphatic carbocycles. The number of aromatic amines is 1. The summed E-state index contributed by atoms with van der Waals surface area (Å²) in [6.45, 7) is 2.28. The normalized spacial score (nSPS) is 20.2. The summed E-state index contributed by atoms with van der Waals surface area (Å²) in [6.07, 6.45) is 14.6. The Morgan fingerprint density at radius 2 is 1.62 bits per heavy atom. The van der Waals surface area contributed by atoms with Crippen molar-refractivity contribution in [1.29, 1.82) is 0 Å². The van der Waals surface area contributed by atoms with Gasteiger partial charge >= 0.3 is 0 Å². The number of benzene rings is 3.